The topological polar surface area (TPSA) is 99.3 Å². The summed E-state index contributed by atoms with van der Waals surface area (Å²) in [4.78, 5) is 29.7. The molecular weight excluding hydrogens is 523 g/mol. The molecule has 1 spiro atoms. The number of nitrogens with zero attached hydrogens (tertiary/aromatic N) is 3. The molecule has 9 nitrogen and oxygen atoms in total. The maximum absolute atomic E-state index is 14.4. The molecule has 4 rings (SSSR count). The number of likely N-dealkylation sites (tertiary alicyclic amines) is 1. The van der Waals surface area contributed by atoms with Crippen LogP contribution in [0.5, 0.6) is 5.75 Å². The van der Waals surface area contributed by atoms with Crippen molar-refractivity contribution in [2.45, 2.75) is 44.9 Å². The summed E-state index contributed by atoms with van der Waals surface area (Å²) >= 11 is 0. The van der Waals surface area contributed by atoms with Gasteiger partial charge in [-0.15, -0.1) is 0 Å². The van der Waals surface area contributed by atoms with Crippen molar-refractivity contribution >= 4 is 27.6 Å². The minimum atomic E-state index is -3.42. The van der Waals surface area contributed by atoms with Crippen molar-refractivity contribution in [3.8, 4) is 17.6 Å². The SMILES string of the molecule is CC(C)Oc1cccc(CN2CCC3(CC2)C(=O)NC(=O)N3c2cc(F)ccc2C#CCN(C)S(C)(=O)=O)c1. The van der Waals surface area contributed by atoms with Gasteiger partial charge in [-0.05, 0) is 62.6 Å². The van der Waals surface area contributed by atoms with Gasteiger partial charge in [-0.2, -0.15) is 4.31 Å². The number of urea groups is 1. The van der Waals surface area contributed by atoms with Gasteiger partial charge in [0.25, 0.3) is 5.91 Å². The van der Waals surface area contributed by atoms with Crippen molar-refractivity contribution in [1.82, 2.24) is 14.5 Å². The molecule has 2 aromatic rings. The first kappa shape index (κ1) is 28.5. The highest BCUT2D eigenvalue weighted by atomic mass is 32.2. The summed E-state index contributed by atoms with van der Waals surface area (Å²) in [5.41, 5.74) is 0.408. The fourth-order valence-electron chi connectivity index (χ4n) is 4.84. The lowest BCUT2D eigenvalue weighted by Crippen LogP contribution is -2.56. The van der Waals surface area contributed by atoms with Gasteiger partial charge < -0.3 is 4.74 Å². The lowest BCUT2D eigenvalue weighted by atomic mass is 9.85. The molecule has 2 aliphatic heterocycles. The van der Waals surface area contributed by atoms with Crippen LogP contribution in [0.15, 0.2) is 42.5 Å². The third kappa shape index (κ3) is 6.41. The molecule has 0 aliphatic carbocycles. The standard InChI is InChI=1S/C28H33FN4O5S/c1-20(2)38-24-9-5-7-21(17-24)19-32-15-12-28(13-16-32)26(34)30-27(35)33(28)25-18-23(29)11-10-22(25)8-6-14-31(3)39(4,36)37/h5,7,9-11,17-18,20H,12-16,19H2,1-4H3,(H,30,34,35). The van der Waals surface area contributed by atoms with Gasteiger partial charge in [-0.25, -0.2) is 17.6 Å². The van der Waals surface area contributed by atoms with Gasteiger partial charge in [0.15, 0.2) is 0 Å². The number of hydrogen-bond acceptors (Lipinski definition) is 6. The third-order valence-electron chi connectivity index (χ3n) is 6.93. The molecule has 11 heteroatoms. The zero-order valence-corrected chi connectivity index (χ0v) is 23.3. The summed E-state index contributed by atoms with van der Waals surface area (Å²) in [6, 6.07) is 11.1. The minimum absolute atomic E-state index is 0.0671. The van der Waals surface area contributed by atoms with Crippen molar-refractivity contribution < 1.29 is 27.1 Å². The summed E-state index contributed by atoms with van der Waals surface area (Å²) in [6.45, 7) is 5.61. The molecule has 2 aliphatic rings. The summed E-state index contributed by atoms with van der Waals surface area (Å²) in [6.07, 6.45) is 1.85. The number of anilines is 1. The molecule has 39 heavy (non-hydrogen) atoms. The Labute approximate surface area is 229 Å². The predicted molar refractivity (Wildman–Crippen MR) is 146 cm³/mol. The highest BCUT2D eigenvalue weighted by molar-refractivity contribution is 7.88. The van der Waals surface area contributed by atoms with Gasteiger partial charge in [0.2, 0.25) is 10.0 Å². The Balaban J connectivity index is 1.56. The molecule has 1 N–H and O–H groups in total. The lowest BCUT2D eigenvalue weighted by molar-refractivity contribution is -0.124. The Morgan fingerprint density at radius 3 is 2.54 bits per heavy atom. The molecule has 208 valence electrons. The van der Waals surface area contributed by atoms with Crippen molar-refractivity contribution in [3.63, 3.8) is 0 Å². The zero-order chi connectivity index (χ0) is 28.4. The van der Waals surface area contributed by atoms with Crippen molar-refractivity contribution in [3.05, 3.63) is 59.4 Å². The van der Waals surface area contributed by atoms with E-state index in [1.165, 1.54) is 30.1 Å². The van der Waals surface area contributed by atoms with E-state index in [9.17, 15) is 22.4 Å². The summed E-state index contributed by atoms with van der Waals surface area (Å²) in [5, 5.41) is 2.41. The van der Waals surface area contributed by atoms with Crippen LogP contribution in [0, 0.1) is 17.7 Å². The largest absolute Gasteiger partial charge is 0.491 e. The van der Waals surface area contributed by atoms with E-state index in [0.717, 1.165) is 21.9 Å². The van der Waals surface area contributed by atoms with Crippen LogP contribution in [0.2, 0.25) is 0 Å². The first-order chi connectivity index (χ1) is 18.4. The second-order valence-corrected chi connectivity index (χ2v) is 12.3. The number of imide groups is 1. The van der Waals surface area contributed by atoms with Crippen molar-refractivity contribution in [1.29, 1.82) is 0 Å². The fraction of sp³-hybridized carbons (Fsp3) is 0.429. The molecule has 2 heterocycles. The Morgan fingerprint density at radius 1 is 1.15 bits per heavy atom. The number of amides is 3. The van der Waals surface area contributed by atoms with E-state index in [0.29, 0.717) is 38.0 Å². The zero-order valence-electron chi connectivity index (χ0n) is 22.5. The van der Waals surface area contributed by atoms with E-state index >= 15 is 0 Å². The van der Waals surface area contributed by atoms with E-state index in [-0.39, 0.29) is 18.3 Å². The fourth-order valence-corrected chi connectivity index (χ4v) is 5.14. The number of carbonyl (C=O) groups is 2. The van der Waals surface area contributed by atoms with Gasteiger partial charge in [-0.3, -0.25) is 19.9 Å². The predicted octanol–water partition coefficient (Wildman–Crippen LogP) is 2.95. The van der Waals surface area contributed by atoms with Crippen LogP contribution in [-0.4, -0.2) is 74.1 Å². The van der Waals surface area contributed by atoms with Crippen LogP contribution in [0.1, 0.15) is 37.8 Å². The van der Waals surface area contributed by atoms with Crippen LogP contribution in [-0.2, 0) is 21.4 Å². The smallest absolute Gasteiger partial charge is 0.329 e. The van der Waals surface area contributed by atoms with Crippen molar-refractivity contribution in [2.24, 2.45) is 0 Å². The van der Waals surface area contributed by atoms with Crippen LogP contribution in [0.4, 0.5) is 14.9 Å². The van der Waals surface area contributed by atoms with Gasteiger partial charge in [0, 0.05) is 32.2 Å². The van der Waals surface area contributed by atoms with Crippen LogP contribution < -0.4 is 15.0 Å². The number of sulfonamides is 1. The van der Waals surface area contributed by atoms with E-state index in [1.807, 2.05) is 38.1 Å². The summed E-state index contributed by atoms with van der Waals surface area (Å²) in [7, 11) is -2.02. The number of ether oxygens (including phenoxy) is 1. The molecule has 0 bridgehead atoms. The molecular formula is C28H33FN4O5S. The minimum Gasteiger partial charge on any atom is -0.491 e. The second-order valence-electron chi connectivity index (χ2n) is 10.2. The summed E-state index contributed by atoms with van der Waals surface area (Å²) < 4.78 is 44.6. The number of carbonyl (C=O) groups excluding carboxylic acids is 2. The van der Waals surface area contributed by atoms with Crippen LogP contribution in [0.3, 0.4) is 0 Å². The Kier molecular flexibility index (Phi) is 8.30. The average Bonchev–Trinajstić information content (AvgIpc) is 3.09. The number of nitrogens with one attached hydrogen (secondary N) is 1. The first-order valence-corrected chi connectivity index (χ1v) is 14.6. The highest BCUT2D eigenvalue weighted by Gasteiger charge is 2.55. The lowest BCUT2D eigenvalue weighted by Gasteiger charge is -2.42. The number of piperidine rings is 1. The Morgan fingerprint density at radius 2 is 1.87 bits per heavy atom. The van der Waals surface area contributed by atoms with Gasteiger partial charge in [0.05, 0.1) is 24.6 Å². The van der Waals surface area contributed by atoms with Crippen LogP contribution >= 0.6 is 0 Å². The molecule has 2 aromatic carbocycles. The maximum Gasteiger partial charge on any atom is 0.329 e. The normalized spacial score (nSPS) is 17.5. The molecule has 2 fully saturated rings. The molecule has 2 saturated heterocycles. The molecule has 0 saturated carbocycles. The van der Waals surface area contributed by atoms with Crippen LogP contribution in [0.25, 0.3) is 0 Å². The molecule has 0 aromatic heterocycles. The molecule has 3 amide bonds. The van der Waals surface area contributed by atoms with E-state index < -0.39 is 33.3 Å². The first-order valence-electron chi connectivity index (χ1n) is 12.7. The number of benzene rings is 2. The third-order valence-corrected chi connectivity index (χ3v) is 8.19. The van der Waals surface area contributed by atoms with E-state index in [2.05, 4.69) is 22.1 Å². The quantitative estimate of drug-likeness (QED) is 0.416. The average molecular weight is 557 g/mol. The molecule has 0 radical (unpaired) electrons. The molecule has 0 atom stereocenters. The highest BCUT2D eigenvalue weighted by Crippen LogP contribution is 2.39. The molecule has 0 unspecified atom stereocenters. The summed E-state index contributed by atoms with van der Waals surface area (Å²) in [5.74, 6) is 5.43. The van der Waals surface area contributed by atoms with Gasteiger partial charge in [-0.1, -0.05) is 24.0 Å². The second kappa shape index (κ2) is 11.3. The number of halogens is 1. The van der Waals surface area contributed by atoms with E-state index in [1.54, 1.807) is 0 Å². The Hall–Kier alpha value is -3.46. The number of hydrogen-bond donors (Lipinski definition) is 1. The van der Waals surface area contributed by atoms with E-state index in [4.69, 9.17) is 4.74 Å². The monoisotopic (exact) mass is 556 g/mol. The maximum atomic E-state index is 14.4. The van der Waals surface area contributed by atoms with Crippen molar-refractivity contribution in [2.75, 3.05) is 37.8 Å². The van der Waals surface area contributed by atoms with Gasteiger partial charge >= 0.3 is 6.03 Å². The van der Waals surface area contributed by atoms with Gasteiger partial charge in [0.1, 0.15) is 17.1 Å². The number of rotatable bonds is 7. The Bertz CT molecular complexity index is 1420.